The molecule has 0 amide bonds. The maximum atomic E-state index is 6.71. The van der Waals surface area contributed by atoms with Crippen molar-refractivity contribution in [3.05, 3.63) is 126 Å². The van der Waals surface area contributed by atoms with Crippen LogP contribution in [0.4, 0.5) is 0 Å². The number of fused-ring (bicyclic) bond motifs is 13. The van der Waals surface area contributed by atoms with E-state index in [4.69, 9.17) is 9.40 Å². The standard InChI is InChI=1S/C38H25NO/c1-38(2)32-19-16-22-9-3-4-10-24(22)34(32)30-18-20-33-36(35(30)38)40-37(39-33)23-15-17-29-27-13-6-5-11-25(27)26-12-7-8-14-28(26)31(29)21-23/h3-21H,1-2H3. The van der Waals surface area contributed by atoms with E-state index in [1.807, 2.05) is 0 Å². The molecule has 0 fully saturated rings. The zero-order valence-corrected chi connectivity index (χ0v) is 22.3. The molecule has 40 heavy (non-hydrogen) atoms. The predicted octanol–water partition coefficient (Wildman–Crippen LogP) is 10.4. The SMILES string of the molecule is CC1(C)c2ccc3ccccc3c2-c2ccc3nc(-c4ccc5c6ccccc6c6ccccc6c5c4)oc3c21. The molecule has 1 aromatic heterocycles. The van der Waals surface area contributed by atoms with E-state index in [9.17, 15) is 0 Å². The largest absolute Gasteiger partial charge is 0.436 e. The van der Waals surface area contributed by atoms with Crippen LogP contribution < -0.4 is 0 Å². The van der Waals surface area contributed by atoms with Crippen molar-refractivity contribution in [3.63, 3.8) is 0 Å². The molecule has 8 aromatic rings. The van der Waals surface area contributed by atoms with E-state index in [-0.39, 0.29) is 5.41 Å². The van der Waals surface area contributed by atoms with Gasteiger partial charge < -0.3 is 4.42 Å². The lowest BCUT2D eigenvalue weighted by atomic mass is 9.81. The number of hydrogen-bond acceptors (Lipinski definition) is 2. The number of benzene rings is 7. The molecule has 0 atom stereocenters. The Hall–Kier alpha value is -4.95. The Balaban J connectivity index is 1.30. The first kappa shape index (κ1) is 21.9. The third-order valence-corrected chi connectivity index (χ3v) is 9.05. The number of rotatable bonds is 1. The second-order valence-corrected chi connectivity index (χ2v) is 11.5. The Labute approximate surface area is 231 Å². The van der Waals surface area contributed by atoms with Gasteiger partial charge in [0.15, 0.2) is 5.58 Å². The summed E-state index contributed by atoms with van der Waals surface area (Å²) in [6, 6.07) is 41.6. The van der Waals surface area contributed by atoms with Gasteiger partial charge in [0.1, 0.15) is 5.52 Å². The van der Waals surface area contributed by atoms with Gasteiger partial charge in [-0.3, -0.25) is 0 Å². The molecule has 1 aliphatic rings. The monoisotopic (exact) mass is 511 g/mol. The minimum atomic E-state index is -0.191. The van der Waals surface area contributed by atoms with Crippen molar-refractivity contribution >= 4 is 54.2 Å². The van der Waals surface area contributed by atoms with Gasteiger partial charge >= 0.3 is 0 Å². The summed E-state index contributed by atoms with van der Waals surface area (Å²) in [5.41, 5.74) is 7.75. The van der Waals surface area contributed by atoms with Crippen LogP contribution in [-0.2, 0) is 5.41 Å². The third-order valence-electron chi connectivity index (χ3n) is 9.05. The van der Waals surface area contributed by atoms with Crippen molar-refractivity contribution < 1.29 is 4.42 Å². The smallest absolute Gasteiger partial charge is 0.227 e. The fourth-order valence-electron chi connectivity index (χ4n) is 7.20. The molecule has 1 heterocycles. The van der Waals surface area contributed by atoms with E-state index in [0.717, 1.165) is 16.7 Å². The second kappa shape index (κ2) is 7.58. The highest BCUT2D eigenvalue weighted by molar-refractivity contribution is 6.25. The van der Waals surface area contributed by atoms with Gasteiger partial charge in [-0.1, -0.05) is 111 Å². The van der Waals surface area contributed by atoms with Crippen LogP contribution in [0.1, 0.15) is 25.0 Å². The molecule has 0 spiro atoms. The van der Waals surface area contributed by atoms with E-state index >= 15 is 0 Å². The van der Waals surface area contributed by atoms with E-state index in [2.05, 4.69) is 129 Å². The molecule has 0 saturated heterocycles. The fraction of sp³-hybridized carbons (Fsp3) is 0.0789. The number of aromatic nitrogens is 1. The molecule has 0 unspecified atom stereocenters. The average molecular weight is 512 g/mol. The first-order valence-corrected chi connectivity index (χ1v) is 13.9. The Morgan fingerprint density at radius 1 is 0.575 bits per heavy atom. The van der Waals surface area contributed by atoms with Gasteiger partial charge in [-0.05, 0) is 78.0 Å². The van der Waals surface area contributed by atoms with Gasteiger partial charge in [-0.2, -0.15) is 0 Å². The predicted molar refractivity (Wildman–Crippen MR) is 167 cm³/mol. The second-order valence-electron chi connectivity index (χ2n) is 11.5. The van der Waals surface area contributed by atoms with Crippen LogP contribution in [0.25, 0.3) is 76.8 Å². The first-order chi connectivity index (χ1) is 19.6. The summed E-state index contributed by atoms with van der Waals surface area (Å²) in [5, 5.41) is 10.1. The average Bonchev–Trinajstić information content (AvgIpc) is 3.53. The molecule has 9 rings (SSSR count). The highest BCUT2D eigenvalue weighted by Crippen LogP contribution is 2.54. The van der Waals surface area contributed by atoms with Gasteiger partial charge in [0, 0.05) is 16.5 Å². The van der Waals surface area contributed by atoms with Gasteiger partial charge in [-0.15, -0.1) is 0 Å². The maximum absolute atomic E-state index is 6.71. The van der Waals surface area contributed by atoms with Crippen molar-refractivity contribution in [2.24, 2.45) is 0 Å². The highest BCUT2D eigenvalue weighted by atomic mass is 16.3. The Kier molecular flexibility index (Phi) is 4.15. The van der Waals surface area contributed by atoms with Crippen LogP contribution in [0.15, 0.2) is 120 Å². The zero-order valence-electron chi connectivity index (χ0n) is 22.3. The Morgan fingerprint density at radius 3 is 1.93 bits per heavy atom. The van der Waals surface area contributed by atoms with Crippen molar-refractivity contribution in [1.29, 1.82) is 0 Å². The summed E-state index contributed by atoms with van der Waals surface area (Å²) >= 11 is 0. The number of nitrogens with zero attached hydrogens (tertiary/aromatic N) is 1. The highest BCUT2D eigenvalue weighted by Gasteiger charge is 2.39. The normalized spacial score (nSPS) is 13.9. The molecule has 188 valence electrons. The molecule has 0 bridgehead atoms. The molecule has 0 radical (unpaired) electrons. The summed E-state index contributed by atoms with van der Waals surface area (Å²) in [5.74, 6) is 0.666. The van der Waals surface area contributed by atoms with E-state index < -0.39 is 0 Å². The Bertz CT molecular complexity index is 2320. The van der Waals surface area contributed by atoms with Crippen molar-refractivity contribution in [1.82, 2.24) is 4.98 Å². The molecule has 1 aliphatic carbocycles. The van der Waals surface area contributed by atoms with Crippen LogP contribution in [-0.4, -0.2) is 4.98 Å². The first-order valence-electron chi connectivity index (χ1n) is 13.9. The minimum Gasteiger partial charge on any atom is -0.436 e. The molecule has 2 nitrogen and oxygen atoms in total. The molecule has 0 aliphatic heterocycles. The van der Waals surface area contributed by atoms with Gasteiger partial charge in [0.2, 0.25) is 5.89 Å². The maximum Gasteiger partial charge on any atom is 0.227 e. The molecular weight excluding hydrogens is 486 g/mol. The van der Waals surface area contributed by atoms with E-state index in [0.29, 0.717) is 5.89 Å². The van der Waals surface area contributed by atoms with Gasteiger partial charge in [-0.25, -0.2) is 4.98 Å². The van der Waals surface area contributed by atoms with Crippen LogP contribution in [0.3, 0.4) is 0 Å². The van der Waals surface area contributed by atoms with Crippen molar-refractivity contribution in [2.75, 3.05) is 0 Å². The summed E-state index contributed by atoms with van der Waals surface area (Å²) in [7, 11) is 0. The van der Waals surface area contributed by atoms with Crippen LogP contribution in [0, 0.1) is 0 Å². The van der Waals surface area contributed by atoms with Crippen molar-refractivity contribution in [2.45, 2.75) is 19.3 Å². The third kappa shape index (κ3) is 2.75. The topological polar surface area (TPSA) is 26.0 Å². The molecule has 2 heteroatoms. The number of hydrogen-bond donors (Lipinski definition) is 0. The summed E-state index contributed by atoms with van der Waals surface area (Å²) < 4.78 is 6.71. The molecular formula is C38H25NO. The van der Waals surface area contributed by atoms with Crippen molar-refractivity contribution in [3.8, 4) is 22.6 Å². The van der Waals surface area contributed by atoms with Gasteiger partial charge in [0.25, 0.3) is 0 Å². The fourth-order valence-corrected chi connectivity index (χ4v) is 7.20. The van der Waals surface area contributed by atoms with Crippen LogP contribution >= 0.6 is 0 Å². The summed E-state index contributed by atoms with van der Waals surface area (Å²) in [6.07, 6.45) is 0. The van der Waals surface area contributed by atoms with Crippen LogP contribution in [0.2, 0.25) is 0 Å². The summed E-state index contributed by atoms with van der Waals surface area (Å²) in [4.78, 5) is 5.03. The van der Waals surface area contributed by atoms with Gasteiger partial charge in [0.05, 0.1) is 0 Å². The lowest BCUT2D eigenvalue weighted by molar-refractivity contribution is 0.593. The summed E-state index contributed by atoms with van der Waals surface area (Å²) in [6.45, 7) is 4.61. The van der Waals surface area contributed by atoms with E-state index in [1.54, 1.807) is 0 Å². The molecule has 7 aromatic carbocycles. The van der Waals surface area contributed by atoms with E-state index in [1.165, 1.54) is 65.3 Å². The quantitative estimate of drug-likeness (QED) is 0.205. The lowest BCUT2D eigenvalue weighted by Gasteiger charge is -2.21. The zero-order chi connectivity index (χ0) is 26.6. The van der Waals surface area contributed by atoms with Crippen LogP contribution in [0.5, 0.6) is 0 Å². The lowest BCUT2D eigenvalue weighted by Crippen LogP contribution is -2.15. The molecule has 0 saturated carbocycles. The Morgan fingerprint density at radius 2 is 1.20 bits per heavy atom. The minimum absolute atomic E-state index is 0.191. The molecule has 0 N–H and O–H groups in total. The number of oxazole rings is 1.